The third kappa shape index (κ3) is 4.24. The highest BCUT2D eigenvalue weighted by Crippen LogP contribution is 2.21. The van der Waals surface area contributed by atoms with Crippen LogP contribution in [0.25, 0.3) is 0 Å². The van der Waals surface area contributed by atoms with E-state index in [4.69, 9.17) is 9.15 Å². The monoisotopic (exact) mass is 358 g/mol. The highest BCUT2D eigenvalue weighted by molar-refractivity contribution is 5.98. The molecule has 9 heteroatoms. The van der Waals surface area contributed by atoms with Crippen LogP contribution in [0.5, 0.6) is 0 Å². The van der Waals surface area contributed by atoms with Gasteiger partial charge in [-0.3, -0.25) is 14.4 Å². The molecule has 3 rings (SSSR count). The molecule has 1 aliphatic heterocycles. The van der Waals surface area contributed by atoms with Crippen LogP contribution in [-0.4, -0.2) is 41.1 Å². The van der Waals surface area contributed by atoms with Crippen LogP contribution in [0, 0.1) is 6.92 Å². The first-order chi connectivity index (χ1) is 12.5. The van der Waals surface area contributed by atoms with Gasteiger partial charge < -0.3 is 19.4 Å². The summed E-state index contributed by atoms with van der Waals surface area (Å²) < 4.78 is 10.0. The number of aromatic nitrogens is 2. The Morgan fingerprint density at radius 2 is 2.04 bits per heavy atom. The summed E-state index contributed by atoms with van der Waals surface area (Å²) in [4.78, 5) is 37.1. The van der Waals surface area contributed by atoms with E-state index in [1.165, 1.54) is 0 Å². The van der Waals surface area contributed by atoms with E-state index in [0.717, 1.165) is 12.1 Å². The van der Waals surface area contributed by atoms with Gasteiger partial charge in [0.2, 0.25) is 11.8 Å². The maximum absolute atomic E-state index is 12.1. The normalized spacial score (nSPS) is 13.7. The number of hydrogen-bond acceptors (Lipinski definition) is 7. The Bertz CT molecular complexity index is 815. The Morgan fingerprint density at radius 1 is 1.27 bits per heavy atom. The van der Waals surface area contributed by atoms with Crippen molar-refractivity contribution in [1.29, 1.82) is 0 Å². The lowest BCUT2D eigenvalue weighted by molar-refractivity contribution is -0.144. The molecular weight excluding hydrogens is 340 g/mol. The maximum Gasteiger partial charge on any atom is 0.325 e. The fraction of sp³-hybridized carbons (Fsp3) is 0.353. The topological polar surface area (TPSA) is 115 Å². The Balaban J connectivity index is 1.46. The molecule has 2 heterocycles. The molecule has 0 saturated carbocycles. The number of esters is 1. The number of hydrogen-bond donors (Lipinski definition) is 1. The second-order valence-corrected chi connectivity index (χ2v) is 5.75. The molecule has 0 spiro atoms. The minimum atomic E-state index is -0.617. The molecule has 1 aromatic carbocycles. The Hall–Kier alpha value is -3.23. The summed E-state index contributed by atoms with van der Waals surface area (Å²) in [6.07, 6.45) is 1.39. The first-order valence-corrected chi connectivity index (χ1v) is 8.16. The number of benzene rings is 1. The van der Waals surface area contributed by atoms with Gasteiger partial charge in [0.05, 0.1) is 0 Å². The van der Waals surface area contributed by atoms with Crippen molar-refractivity contribution < 1.29 is 23.5 Å². The number of carbonyl (C=O) groups is 3. The molecule has 1 fully saturated rings. The standard InChI is InChI=1S/C17H18N4O5/c1-11-19-20-14(26-11)10-25-16(23)9-18-17(24)12-4-6-13(7-5-12)21-8-2-3-15(21)22/h4-7H,2-3,8-10H2,1H3,(H,18,24). The molecule has 1 aromatic heterocycles. The summed E-state index contributed by atoms with van der Waals surface area (Å²) in [6, 6.07) is 6.66. The lowest BCUT2D eigenvalue weighted by Crippen LogP contribution is -2.30. The molecule has 9 nitrogen and oxygen atoms in total. The van der Waals surface area contributed by atoms with E-state index in [1.54, 1.807) is 36.1 Å². The average Bonchev–Trinajstić information content (AvgIpc) is 3.26. The van der Waals surface area contributed by atoms with Crippen LogP contribution in [0.4, 0.5) is 5.69 Å². The van der Waals surface area contributed by atoms with E-state index in [-0.39, 0.29) is 24.9 Å². The van der Waals surface area contributed by atoms with Crippen LogP contribution in [0.2, 0.25) is 0 Å². The summed E-state index contributed by atoms with van der Waals surface area (Å²) in [5.74, 6) is -0.373. The molecule has 1 N–H and O–H groups in total. The third-order valence-corrected chi connectivity index (χ3v) is 3.83. The van der Waals surface area contributed by atoms with Gasteiger partial charge in [-0.25, -0.2) is 0 Å². The SMILES string of the molecule is Cc1nnc(COC(=O)CNC(=O)c2ccc(N3CCCC3=O)cc2)o1. The Morgan fingerprint density at radius 3 is 2.65 bits per heavy atom. The van der Waals surface area contributed by atoms with Crippen LogP contribution in [0.15, 0.2) is 28.7 Å². The number of carbonyl (C=O) groups excluding carboxylic acids is 3. The van der Waals surface area contributed by atoms with Gasteiger partial charge in [0.25, 0.3) is 11.8 Å². The van der Waals surface area contributed by atoms with Gasteiger partial charge in [-0.15, -0.1) is 10.2 Å². The molecule has 0 aliphatic carbocycles. The van der Waals surface area contributed by atoms with Crippen molar-refractivity contribution >= 4 is 23.5 Å². The average molecular weight is 358 g/mol. The van der Waals surface area contributed by atoms with Gasteiger partial charge in [0, 0.05) is 31.1 Å². The van der Waals surface area contributed by atoms with Gasteiger partial charge in [0.1, 0.15) is 6.54 Å². The zero-order valence-corrected chi connectivity index (χ0v) is 14.2. The second kappa shape index (κ2) is 7.77. The molecule has 0 radical (unpaired) electrons. The Kier molecular flexibility index (Phi) is 5.26. The van der Waals surface area contributed by atoms with Crippen molar-refractivity contribution in [2.45, 2.75) is 26.4 Å². The van der Waals surface area contributed by atoms with Crippen LogP contribution in [0.1, 0.15) is 35.0 Å². The minimum absolute atomic E-state index is 0.0846. The van der Waals surface area contributed by atoms with E-state index >= 15 is 0 Å². The van der Waals surface area contributed by atoms with Gasteiger partial charge in [-0.1, -0.05) is 0 Å². The van der Waals surface area contributed by atoms with Gasteiger partial charge in [-0.05, 0) is 30.7 Å². The van der Waals surface area contributed by atoms with Gasteiger partial charge in [0.15, 0.2) is 6.61 Å². The quantitative estimate of drug-likeness (QED) is 0.765. The number of ether oxygens (including phenoxy) is 1. The van der Waals surface area contributed by atoms with Gasteiger partial charge >= 0.3 is 5.97 Å². The molecule has 0 bridgehead atoms. The first-order valence-electron chi connectivity index (χ1n) is 8.16. The predicted octanol–water partition coefficient (Wildman–Crippen LogP) is 0.978. The highest BCUT2D eigenvalue weighted by atomic mass is 16.5. The van der Waals surface area contributed by atoms with Crippen LogP contribution < -0.4 is 10.2 Å². The third-order valence-electron chi connectivity index (χ3n) is 3.83. The molecule has 136 valence electrons. The number of aryl methyl sites for hydroxylation is 1. The fourth-order valence-electron chi connectivity index (χ4n) is 2.56. The maximum atomic E-state index is 12.1. The van der Waals surface area contributed by atoms with E-state index in [2.05, 4.69) is 15.5 Å². The molecular formula is C17H18N4O5. The van der Waals surface area contributed by atoms with Gasteiger partial charge in [-0.2, -0.15) is 0 Å². The van der Waals surface area contributed by atoms with Crippen molar-refractivity contribution in [3.63, 3.8) is 0 Å². The molecule has 26 heavy (non-hydrogen) atoms. The summed E-state index contributed by atoms with van der Waals surface area (Å²) in [7, 11) is 0. The van der Waals surface area contributed by atoms with Crippen molar-refractivity contribution in [3.8, 4) is 0 Å². The first kappa shape index (κ1) is 17.6. The number of amides is 2. The van der Waals surface area contributed by atoms with Crippen molar-refractivity contribution in [1.82, 2.24) is 15.5 Å². The van der Waals surface area contributed by atoms with Crippen molar-refractivity contribution in [2.75, 3.05) is 18.0 Å². The summed E-state index contributed by atoms with van der Waals surface area (Å²) in [6.45, 7) is 1.89. The number of nitrogens with one attached hydrogen (secondary N) is 1. The predicted molar refractivity (Wildman–Crippen MR) is 89.2 cm³/mol. The fourth-order valence-corrected chi connectivity index (χ4v) is 2.56. The number of anilines is 1. The van der Waals surface area contributed by atoms with E-state index in [9.17, 15) is 14.4 Å². The number of nitrogens with zero attached hydrogens (tertiary/aromatic N) is 3. The molecule has 2 aromatic rings. The van der Waals surface area contributed by atoms with E-state index in [1.807, 2.05) is 0 Å². The van der Waals surface area contributed by atoms with Crippen molar-refractivity contribution in [3.05, 3.63) is 41.6 Å². The Labute approximate surface area is 149 Å². The summed E-state index contributed by atoms with van der Waals surface area (Å²) >= 11 is 0. The molecule has 0 unspecified atom stereocenters. The van der Waals surface area contributed by atoms with Crippen molar-refractivity contribution in [2.24, 2.45) is 0 Å². The number of rotatable bonds is 6. The zero-order valence-electron chi connectivity index (χ0n) is 14.2. The summed E-state index contributed by atoms with van der Waals surface area (Å²) in [5, 5.41) is 9.79. The molecule has 1 saturated heterocycles. The van der Waals surface area contributed by atoms with E-state index in [0.29, 0.717) is 24.4 Å². The minimum Gasteiger partial charge on any atom is -0.454 e. The lowest BCUT2D eigenvalue weighted by Gasteiger charge is -2.15. The van der Waals surface area contributed by atoms with E-state index < -0.39 is 11.9 Å². The summed E-state index contributed by atoms with van der Waals surface area (Å²) in [5.41, 5.74) is 1.15. The molecule has 0 atom stereocenters. The van der Waals surface area contributed by atoms with Crippen LogP contribution in [-0.2, 0) is 20.9 Å². The smallest absolute Gasteiger partial charge is 0.325 e. The molecule has 2 amide bonds. The van der Waals surface area contributed by atoms with Crippen LogP contribution >= 0.6 is 0 Å². The highest BCUT2D eigenvalue weighted by Gasteiger charge is 2.21. The lowest BCUT2D eigenvalue weighted by atomic mass is 10.2. The zero-order chi connectivity index (χ0) is 18.5. The second-order valence-electron chi connectivity index (χ2n) is 5.75. The largest absolute Gasteiger partial charge is 0.454 e. The molecule has 1 aliphatic rings. The van der Waals surface area contributed by atoms with Crippen LogP contribution in [0.3, 0.4) is 0 Å².